The van der Waals surface area contributed by atoms with Crippen molar-refractivity contribution < 1.29 is 9.53 Å². The molecule has 2 amide bonds. The molecule has 1 N–H and O–H groups in total. The first-order chi connectivity index (χ1) is 14.1. The molecule has 1 fully saturated rings. The number of amides is 2. The molecule has 0 unspecified atom stereocenters. The minimum absolute atomic E-state index is 0.0686. The van der Waals surface area contributed by atoms with Gasteiger partial charge in [0, 0.05) is 30.7 Å². The maximum Gasteiger partial charge on any atom is 0.320 e. The van der Waals surface area contributed by atoms with Crippen LogP contribution in [-0.4, -0.2) is 47.1 Å². The first-order valence-electron chi connectivity index (χ1n) is 9.88. The Morgan fingerprint density at radius 1 is 1.07 bits per heavy atom. The van der Waals surface area contributed by atoms with Gasteiger partial charge in [-0.15, -0.1) is 0 Å². The minimum Gasteiger partial charge on any atom is -0.378 e. The summed E-state index contributed by atoms with van der Waals surface area (Å²) in [6.45, 7) is 4.94. The second-order valence-electron chi connectivity index (χ2n) is 7.44. The molecule has 2 aromatic carbocycles. The van der Waals surface area contributed by atoms with Crippen molar-refractivity contribution in [1.29, 1.82) is 0 Å². The van der Waals surface area contributed by atoms with E-state index in [1.54, 1.807) is 9.80 Å². The van der Waals surface area contributed by atoms with Crippen molar-refractivity contribution in [1.82, 2.24) is 14.8 Å². The number of H-pyrrole nitrogens is 1. The topological polar surface area (TPSA) is 65.6 Å². The van der Waals surface area contributed by atoms with E-state index in [1.165, 1.54) is 0 Å². The van der Waals surface area contributed by atoms with Gasteiger partial charge < -0.3 is 19.5 Å². The van der Waals surface area contributed by atoms with Crippen LogP contribution >= 0.6 is 0 Å². The van der Waals surface area contributed by atoms with Crippen molar-refractivity contribution in [2.45, 2.75) is 20.0 Å². The second kappa shape index (κ2) is 8.49. The Morgan fingerprint density at radius 3 is 2.59 bits per heavy atom. The first-order valence-corrected chi connectivity index (χ1v) is 9.88. The van der Waals surface area contributed by atoms with Crippen LogP contribution in [0, 0.1) is 6.92 Å². The van der Waals surface area contributed by atoms with Crippen LogP contribution in [0.3, 0.4) is 0 Å². The number of nitrogens with zero attached hydrogens (tertiary/aromatic N) is 2. The molecule has 6 heteroatoms. The normalized spacial score (nSPS) is 14.2. The van der Waals surface area contributed by atoms with Crippen LogP contribution < -0.4 is 5.56 Å². The second-order valence-corrected chi connectivity index (χ2v) is 7.44. The van der Waals surface area contributed by atoms with E-state index < -0.39 is 0 Å². The predicted octanol–water partition coefficient (Wildman–Crippen LogP) is 3.29. The lowest BCUT2D eigenvalue weighted by atomic mass is 10.1. The van der Waals surface area contributed by atoms with Crippen molar-refractivity contribution in [3.8, 4) is 0 Å². The summed E-state index contributed by atoms with van der Waals surface area (Å²) in [6.07, 6.45) is 0. The summed E-state index contributed by atoms with van der Waals surface area (Å²) >= 11 is 0. The van der Waals surface area contributed by atoms with Crippen molar-refractivity contribution >= 4 is 16.9 Å². The monoisotopic (exact) mass is 391 g/mol. The standard InChI is InChI=1S/C23H25N3O3/c1-17-7-8-21-19(13-17)14-20(22(27)24-21)16-26(15-18-5-3-2-4-6-18)23(28)25-9-11-29-12-10-25/h2-8,13-14H,9-12,15-16H2,1H3,(H,24,27). The lowest BCUT2D eigenvalue weighted by Gasteiger charge is -2.33. The molecule has 4 rings (SSSR count). The molecule has 0 bridgehead atoms. The molecular formula is C23H25N3O3. The van der Waals surface area contributed by atoms with Gasteiger partial charge in [-0.05, 0) is 36.1 Å². The fraction of sp³-hybridized carbons (Fsp3) is 0.304. The van der Waals surface area contributed by atoms with E-state index in [-0.39, 0.29) is 18.1 Å². The van der Waals surface area contributed by atoms with Gasteiger partial charge >= 0.3 is 6.03 Å². The lowest BCUT2D eigenvalue weighted by molar-refractivity contribution is 0.0418. The number of ether oxygens (including phenoxy) is 1. The number of hydrogen-bond donors (Lipinski definition) is 1. The lowest BCUT2D eigenvalue weighted by Crippen LogP contribution is -2.48. The third-order valence-corrected chi connectivity index (χ3v) is 5.21. The Morgan fingerprint density at radius 2 is 1.83 bits per heavy atom. The largest absolute Gasteiger partial charge is 0.378 e. The number of aromatic nitrogens is 1. The molecule has 0 atom stereocenters. The molecule has 1 aromatic heterocycles. The maximum absolute atomic E-state index is 13.2. The van der Waals surface area contributed by atoms with E-state index in [0.29, 0.717) is 38.4 Å². The number of nitrogens with one attached hydrogen (secondary N) is 1. The van der Waals surface area contributed by atoms with Gasteiger partial charge in [-0.2, -0.15) is 0 Å². The molecule has 1 aliphatic rings. The van der Waals surface area contributed by atoms with Gasteiger partial charge in [-0.3, -0.25) is 4.79 Å². The Kier molecular flexibility index (Phi) is 5.62. The van der Waals surface area contributed by atoms with Crippen LogP contribution in [0.1, 0.15) is 16.7 Å². The number of hydrogen-bond acceptors (Lipinski definition) is 3. The number of benzene rings is 2. The van der Waals surface area contributed by atoms with Gasteiger partial charge in [0.15, 0.2) is 0 Å². The number of carbonyl (C=O) groups is 1. The first kappa shape index (κ1) is 19.2. The van der Waals surface area contributed by atoms with Crippen LogP contribution in [-0.2, 0) is 17.8 Å². The van der Waals surface area contributed by atoms with Gasteiger partial charge in [0.1, 0.15) is 0 Å². The van der Waals surface area contributed by atoms with Crippen molar-refractivity contribution in [2.24, 2.45) is 0 Å². The average Bonchev–Trinajstić information content (AvgIpc) is 2.75. The number of fused-ring (bicyclic) bond motifs is 1. The van der Waals surface area contributed by atoms with Crippen molar-refractivity contribution in [2.75, 3.05) is 26.3 Å². The van der Waals surface area contributed by atoms with Crippen LogP contribution in [0.15, 0.2) is 59.4 Å². The van der Waals surface area contributed by atoms with Gasteiger partial charge in [-0.1, -0.05) is 42.0 Å². The van der Waals surface area contributed by atoms with Crippen LogP contribution in [0.4, 0.5) is 4.79 Å². The van der Waals surface area contributed by atoms with Crippen LogP contribution in [0.2, 0.25) is 0 Å². The van der Waals surface area contributed by atoms with Gasteiger partial charge in [0.05, 0.1) is 19.8 Å². The zero-order chi connectivity index (χ0) is 20.2. The van der Waals surface area contributed by atoms with Crippen LogP contribution in [0.25, 0.3) is 10.9 Å². The SMILES string of the molecule is Cc1ccc2[nH]c(=O)c(CN(Cc3ccccc3)C(=O)N3CCOCC3)cc2c1. The van der Waals surface area contributed by atoms with E-state index in [0.717, 1.165) is 22.0 Å². The fourth-order valence-electron chi connectivity index (χ4n) is 3.64. The highest BCUT2D eigenvalue weighted by molar-refractivity contribution is 5.80. The molecule has 0 spiro atoms. The molecule has 0 saturated carbocycles. The number of pyridine rings is 1. The summed E-state index contributed by atoms with van der Waals surface area (Å²) in [5.41, 5.74) is 3.39. The van der Waals surface area contributed by atoms with E-state index in [9.17, 15) is 9.59 Å². The summed E-state index contributed by atoms with van der Waals surface area (Å²) in [7, 11) is 0. The predicted molar refractivity (Wildman–Crippen MR) is 113 cm³/mol. The third kappa shape index (κ3) is 4.49. The summed E-state index contributed by atoms with van der Waals surface area (Å²) < 4.78 is 5.38. The minimum atomic E-state index is -0.158. The highest BCUT2D eigenvalue weighted by Crippen LogP contribution is 2.16. The number of aryl methyl sites for hydroxylation is 1. The van der Waals surface area contributed by atoms with Gasteiger partial charge in [-0.25, -0.2) is 4.79 Å². The quantitative estimate of drug-likeness (QED) is 0.742. The number of urea groups is 1. The Balaban J connectivity index is 1.65. The molecule has 1 saturated heterocycles. The number of aromatic amines is 1. The van der Waals surface area contributed by atoms with Gasteiger partial charge in [0.2, 0.25) is 0 Å². The molecule has 6 nitrogen and oxygen atoms in total. The number of carbonyl (C=O) groups excluding carboxylic acids is 1. The maximum atomic E-state index is 13.2. The van der Waals surface area contributed by atoms with E-state index in [2.05, 4.69) is 4.98 Å². The molecule has 0 aliphatic carbocycles. The summed E-state index contributed by atoms with van der Waals surface area (Å²) in [4.78, 5) is 32.4. The van der Waals surface area contributed by atoms with E-state index >= 15 is 0 Å². The zero-order valence-electron chi connectivity index (χ0n) is 16.6. The molecule has 29 heavy (non-hydrogen) atoms. The zero-order valence-corrected chi connectivity index (χ0v) is 16.6. The Hall–Kier alpha value is -3.12. The van der Waals surface area contributed by atoms with Crippen molar-refractivity contribution in [3.63, 3.8) is 0 Å². The fourth-order valence-corrected chi connectivity index (χ4v) is 3.64. The Labute approximate surface area is 169 Å². The van der Waals surface area contributed by atoms with Crippen LogP contribution in [0.5, 0.6) is 0 Å². The number of rotatable bonds is 4. The summed E-state index contributed by atoms with van der Waals surface area (Å²) in [5, 5.41) is 0.970. The molecule has 3 aromatic rings. The number of morpholine rings is 1. The highest BCUT2D eigenvalue weighted by Gasteiger charge is 2.24. The van der Waals surface area contributed by atoms with Crippen molar-refractivity contribution in [3.05, 3.63) is 81.6 Å². The molecule has 0 radical (unpaired) electrons. The summed E-state index contributed by atoms with van der Waals surface area (Å²) in [6, 6.07) is 17.6. The highest BCUT2D eigenvalue weighted by atomic mass is 16.5. The average molecular weight is 391 g/mol. The van der Waals surface area contributed by atoms with E-state index in [1.807, 2.05) is 61.5 Å². The van der Waals surface area contributed by atoms with E-state index in [4.69, 9.17) is 4.74 Å². The smallest absolute Gasteiger partial charge is 0.320 e. The molecule has 150 valence electrons. The molecule has 2 heterocycles. The molecular weight excluding hydrogens is 366 g/mol. The van der Waals surface area contributed by atoms with Gasteiger partial charge in [0.25, 0.3) is 5.56 Å². The third-order valence-electron chi connectivity index (χ3n) is 5.21. The molecule has 1 aliphatic heterocycles. The Bertz CT molecular complexity index is 1060. The summed E-state index contributed by atoms with van der Waals surface area (Å²) in [5.74, 6) is 0.